The fourth-order valence-electron chi connectivity index (χ4n) is 2.42. The Hall–Kier alpha value is -1.99. The van der Waals surface area contributed by atoms with Crippen molar-refractivity contribution in [1.29, 1.82) is 0 Å². The van der Waals surface area contributed by atoms with Crippen molar-refractivity contribution in [1.82, 2.24) is 15.3 Å². The molecule has 0 aliphatic carbocycles. The minimum atomic E-state index is -4.41. The molecular weight excluding hydrogens is 307 g/mol. The number of morpholine rings is 1. The number of nitrogens with one attached hydrogen (secondary N) is 1. The molecule has 7 heteroatoms. The molecule has 0 unspecified atom stereocenters. The van der Waals surface area contributed by atoms with Crippen LogP contribution in [0.25, 0.3) is 0 Å². The fourth-order valence-corrected chi connectivity index (χ4v) is 2.42. The largest absolute Gasteiger partial charge is 0.433 e. The Bertz CT molecular complexity index is 635. The molecule has 3 rings (SSSR count). The number of aromatic nitrogens is 2. The normalized spacial score (nSPS) is 18.8. The van der Waals surface area contributed by atoms with Crippen LogP contribution in [-0.2, 0) is 17.3 Å². The second-order valence-corrected chi connectivity index (χ2v) is 5.38. The van der Waals surface area contributed by atoms with Gasteiger partial charge in [-0.25, -0.2) is 0 Å². The van der Waals surface area contributed by atoms with Crippen molar-refractivity contribution in [3.05, 3.63) is 59.2 Å². The van der Waals surface area contributed by atoms with Crippen LogP contribution in [0.5, 0.6) is 0 Å². The molecule has 2 aromatic rings. The summed E-state index contributed by atoms with van der Waals surface area (Å²) >= 11 is 0. The number of ether oxygens (including phenoxy) is 1. The van der Waals surface area contributed by atoms with E-state index < -0.39 is 11.9 Å². The lowest BCUT2D eigenvalue weighted by atomic mass is 10.1. The maximum Gasteiger partial charge on any atom is 0.433 e. The van der Waals surface area contributed by atoms with Gasteiger partial charge in [0.25, 0.3) is 0 Å². The van der Waals surface area contributed by atoms with Gasteiger partial charge in [0.2, 0.25) is 0 Å². The van der Waals surface area contributed by atoms with Crippen LogP contribution in [-0.4, -0.2) is 29.7 Å². The Kier molecular flexibility index (Phi) is 4.58. The van der Waals surface area contributed by atoms with Gasteiger partial charge in [0.1, 0.15) is 11.8 Å². The van der Waals surface area contributed by atoms with Crippen molar-refractivity contribution >= 4 is 0 Å². The second kappa shape index (κ2) is 6.64. The van der Waals surface area contributed by atoms with Crippen molar-refractivity contribution < 1.29 is 17.9 Å². The highest BCUT2D eigenvalue weighted by molar-refractivity contribution is 5.25. The van der Waals surface area contributed by atoms with Crippen molar-refractivity contribution in [2.45, 2.75) is 18.7 Å². The number of halogens is 3. The van der Waals surface area contributed by atoms with Crippen LogP contribution in [0.4, 0.5) is 13.2 Å². The van der Waals surface area contributed by atoms with Crippen LogP contribution in [0.15, 0.2) is 36.7 Å². The number of alkyl halides is 3. The summed E-state index contributed by atoms with van der Waals surface area (Å²) in [5.41, 5.74) is 1.60. The number of nitrogens with zero attached hydrogens (tertiary/aromatic N) is 2. The highest BCUT2D eigenvalue weighted by Crippen LogP contribution is 2.27. The summed E-state index contributed by atoms with van der Waals surface area (Å²) < 4.78 is 43.1. The molecule has 3 heterocycles. The van der Waals surface area contributed by atoms with E-state index in [2.05, 4.69) is 15.3 Å². The molecule has 0 amide bonds. The van der Waals surface area contributed by atoms with E-state index in [1.54, 1.807) is 6.20 Å². The summed E-state index contributed by atoms with van der Waals surface area (Å²) in [5.74, 6) is 0. The van der Waals surface area contributed by atoms with Gasteiger partial charge in [-0.15, -0.1) is 0 Å². The summed E-state index contributed by atoms with van der Waals surface area (Å²) in [5, 5.41) is 3.24. The molecule has 0 saturated carbocycles. The first kappa shape index (κ1) is 15.9. The quantitative estimate of drug-likeness (QED) is 0.943. The Morgan fingerprint density at radius 3 is 2.35 bits per heavy atom. The number of pyridine rings is 2. The SMILES string of the molecule is FC(F)(F)c1ccc(Cc2ccc([C@H]3CNCCO3)nc2)cn1. The molecule has 0 aromatic carbocycles. The van der Waals surface area contributed by atoms with E-state index in [1.165, 1.54) is 12.3 Å². The third-order valence-corrected chi connectivity index (χ3v) is 3.63. The van der Waals surface area contributed by atoms with Crippen molar-refractivity contribution in [3.8, 4) is 0 Å². The van der Waals surface area contributed by atoms with Crippen molar-refractivity contribution in [2.75, 3.05) is 19.7 Å². The van der Waals surface area contributed by atoms with E-state index in [0.29, 0.717) is 18.6 Å². The van der Waals surface area contributed by atoms with Gasteiger partial charge in [0.15, 0.2) is 0 Å². The lowest BCUT2D eigenvalue weighted by Crippen LogP contribution is -2.33. The molecule has 1 fully saturated rings. The molecular formula is C16H16F3N3O. The van der Waals surface area contributed by atoms with E-state index in [4.69, 9.17) is 4.74 Å². The maximum absolute atomic E-state index is 12.5. The molecule has 1 aliphatic heterocycles. The molecule has 0 radical (unpaired) electrons. The van der Waals surface area contributed by atoms with Crippen LogP contribution in [0, 0.1) is 0 Å². The first-order chi connectivity index (χ1) is 11.0. The van der Waals surface area contributed by atoms with Crippen LogP contribution in [0.2, 0.25) is 0 Å². The Balaban J connectivity index is 1.66. The van der Waals surface area contributed by atoms with Crippen molar-refractivity contribution in [3.63, 3.8) is 0 Å². The summed E-state index contributed by atoms with van der Waals surface area (Å²) in [6.45, 7) is 2.23. The summed E-state index contributed by atoms with van der Waals surface area (Å²) in [6.07, 6.45) is -0.987. The van der Waals surface area contributed by atoms with Crippen LogP contribution in [0.1, 0.15) is 28.6 Å². The molecule has 23 heavy (non-hydrogen) atoms. The minimum Gasteiger partial charge on any atom is -0.369 e. The smallest absolute Gasteiger partial charge is 0.369 e. The van der Waals surface area contributed by atoms with Gasteiger partial charge in [-0.05, 0) is 23.3 Å². The highest BCUT2D eigenvalue weighted by atomic mass is 19.4. The third-order valence-electron chi connectivity index (χ3n) is 3.63. The molecule has 1 aliphatic rings. The lowest BCUT2D eigenvalue weighted by molar-refractivity contribution is -0.141. The van der Waals surface area contributed by atoms with E-state index in [9.17, 15) is 13.2 Å². The average Bonchev–Trinajstić information content (AvgIpc) is 2.56. The molecule has 1 N–H and O–H groups in total. The zero-order valence-corrected chi connectivity index (χ0v) is 12.3. The maximum atomic E-state index is 12.5. The standard InChI is InChI=1S/C16H16F3N3O/c17-16(18,19)15-4-2-12(9-22-15)7-11-1-3-13(21-8-11)14-10-20-5-6-23-14/h1-4,8-9,14,20H,5-7,10H2/t14-/m1/s1. The summed E-state index contributed by atoms with van der Waals surface area (Å²) in [6, 6.07) is 6.25. The molecule has 0 bridgehead atoms. The van der Waals surface area contributed by atoms with Crippen LogP contribution in [0.3, 0.4) is 0 Å². The van der Waals surface area contributed by atoms with Gasteiger partial charge in [-0.3, -0.25) is 9.97 Å². The molecule has 1 atom stereocenters. The Morgan fingerprint density at radius 2 is 1.83 bits per heavy atom. The van der Waals surface area contributed by atoms with Gasteiger partial charge in [0.05, 0.1) is 12.3 Å². The number of rotatable bonds is 3. The third kappa shape index (κ3) is 4.05. The van der Waals surface area contributed by atoms with Crippen LogP contribution >= 0.6 is 0 Å². The molecule has 2 aromatic heterocycles. The first-order valence-electron chi connectivity index (χ1n) is 7.31. The van der Waals surface area contributed by atoms with Gasteiger partial charge < -0.3 is 10.1 Å². The molecule has 1 saturated heterocycles. The molecule has 4 nitrogen and oxygen atoms in total. The predicted molar refractivity (Wildman–Crippen MR) is 77.8 cm³/mol. The topological polar surface area (TPSA) is 47.0 Å². The van der Waals surface area contributed by atoms with Gasteiger partial charge in [-0.1, -0.05) is 12.1 Å². The average molecular weight is 323 g/mol. The summed E-state index contributed by atoms with van der Waals surface area (Å²) in [4.78, 5) is 7.85. The predicted octanol–water partition coefficient (Wildman–Crippen LogP) is 2.75. The van der Waals surface area contributed by atoms with Gasteiger partial charge in [0, 0.05) is 31.9 Å². The highest BCUT2D eigenvalue weighted by Gasteiger charge is 2.31. The Morgan fingerprint density at radius 1 is 1.09 bits per heavy atom. The second-order valence-electron chi connectivity index (χ2n) is 5.38. The first-order valence-corrected chi connectivity index (χ1v) is 7.31. The van der Waals surface area contributed by atoms with E-state index in [-0.39, 0.29) is 6.10 Å². The van der Waals surface area contributed by atoms with Gasteiger partial charge in [-0.2, -0.15) is 13.2 Å². The van der Waals surface area contributed by atoms with E-state index >= 15 is 0 Å². The van der Waals surface area contributed by atoms with Crippen molar-refractivity contribution in [2.24, 2.45) is 0 Å². The van der Waals surface area contributed by atoms with Crippen LogP contribution < -0.4 is 5.32 Å². The summed E-state index contributed by atoms with van der Waals surface area (Å²) in [7, 11) is 0. The zero-order chi connectivity index (χ0) is 16.3. The Labute approximate surface area is 131 Å². The van der Waals surface area contributed by atoms with E-state index in [0.717, 1.165) is 30.4 Å². The number of hydrogen-bond acceptors (Lipinski definition) is 4. The molecule has 122 valence electrons. The van der Waals surface area contributed by atoms with E-state index in [1.807, 2.05) is 12.1 Å². The molecule has 0 spiro atoms. The fraction of sp³-hybridized carbons (Fsp3) is 0.375. The number of hydrogen-bond donors (Lipinski definition) is 1. The minimum absolute atomic E-state index is 0.0504. The lowest BCUT2D eigenvalue weighted by Gasteiger charge is -2.23. The van der Waals surface area contributed by atoms with Gasteiger partial charge >= 0.3 is 6.18 Å². The monoisotopic (exact) mass is 323 g/mol. The zero-order valence-electron chi connectivity index (χ0n) is 12.3.